The van der Waals surface area contributed by atoms with E-state index in [4.69, 9.17) is 0 Å². The number of carbonyl (C=O) groups is 2. The van der Waals surface area contributed by atoms with E-state index in [1.54, 1.807) is 23.2 Å². The van der Waals surface area contributed by atoms with Crippen LogP contribution >= 0.6 is 0 Å². The van der Waals surface area contributed by atoms with Crippen molar-refractivity contribution in [3.63, 3.8) is 0 Å². The van der Waals surface area contributed by atoms with E-state index in [1.807, 2.05) is 15.6 Å². The maximum atomic E-state index is 13.6. The van der Waals surface area contributed by atoms with Gasteiger partial charge in [0.1, 0.15) is 5.82 Å². The number of rotatable bonds is 3. The van der Waals surface area contributed by atoms with Crippen LogP contribution in [0, 0.1) is 5.82 Å². The molecule has 0 bridgehead atoms. The SMILES string of the molecule is O=C1CCCN1C[C@@H]1CCn2nccc2CN1C(=O)c1cccc(F)c1. The van der Waals surface area contributed by atoms with Gasteiger partial charge in [-0.2, -0.15) is 5.10 Å². The summed E-state index contributed by atoms with van der Waals surface area (Å²) in [6.45, 7) is 2.36. The quantitative estimate of drug-likeness (QED) is 0.846. The van der Waals surface area contributed by atoms with Gasteiger partial charge in [-0.1, -0.05) is 6.07 Å². The van der Waals surface area contributed by atoms with Gasteiger partial charge in [0.05, 0.1) is 18.3 Å². The van der Waals surface area contributed by atoms with Crippen molar-refractivity contribution < 1.29 is 14.0 Å². The summed E-state index contributed by atoms with van der Waals surface area (Å²) in [6.07, 6.45) is 3.88. The average molecular weight is 356 g/mol. The minimum atomic E-state index is -0.429. The van der Waals surface area contributed by atoms with E-state index < -0.39 is 5.82 Å². The monoisotopic (exact) mass is 356 g/mol. The van der Waals surface area contributed by atoms with Crippen molar-refractivity contribution in [1.29, 1.82) is 0 Å². The largest absolute Gasteiger partial charge is 0.341 e. The minimum absolute atomic E-state index is 0.116. The molecule has 3 heterocycles. The van der Waals surface area contributed by atoms with Gasteiger partial charge in [-0.3, -0.25) is 14.3 Å². The molecule has 7 heteroatoms. The Kier molecular flexibility index (Phi) is 4.44. The maximum Gasteiger partial charge on any atom is 0.254 e. The molecule has 2 aliphatic heterocycles. The Bertz CT molecular complexity index is 834. The van der Waals surface area contributed by atoms with Crippen LogP contribution in [0.4, 0.5) is 4.39 Å². The summed E-state index contributed by atoms with van der Waals surface area (Å²) in [4.78, 5) is 28.8. The number of likely N-dealkylation sites (tertiary alicyclic amines) is 1. The maximum absolute atomic E-state index is 13.6. The Balaban J connectivity index is 1.63. The van der Waals surface area contributed by atoms with Crippen molar-refractivity contribution >= 4 is 11.8 Å². The first-order chi connectivity index (χ1) is 12.6. The Morgan fingerprint density at radius 3 is 2.92 bits per heavy atom. The van der Waals surface area contributed by atoms with E-state index in [0.717, 1.165) is 18.7 Å². The molecule has 6 nitrogen and oxygen atoms in total. The fourth-order valence-corrected chi connectivity index (χ4v) is 3.79. The van der Waals surface area contributed by atoms with Gasteiger partial charge in [-0.25, -0.2) is 4.39 Å². The highest BCUT2D eigenvalue weighted by Crippen LogP contribution is 2.22. The molecule has 0 saturated carbocycles. The molecule has 0 unspecified atom stereocenters. The Morgan fingerprint density at radius 2 is 2.15 bits per heavy atom. The highest BCUT2D eigenvalue weighted by molar-refractivity contribution is 5.94. The molecule has 2 aliphatic rings. The van der Waals surface area contributed by atoms with Crippen LogP contribution in [-0.4, -0.2) is 50.5 Å². The fraction of sp³-hybridized carbons (Fsp3) is 0.421. The lowest BCUT2D eigenvalue weighted by Crippen LogP contribution is -2.46. The summed E-state index contributed by atoms with van der Waals surface area (Å²) in [5, 5.41) is 4.32. The van der Waals surface area contributed by atoms with Crippen molar-refractivity contribution in [2.45, 2.75) is 38.4 Å². The lowest BCUT2D eigenvalue weighted by atomic mass is 10.1. The number of hydrogen-bond donors (Lipinski definition) is 0. The number of hydrogen-bond acceptors (Lipinski definition) is 3. The van der Waals surface area contributed by atoms with Crippen LogP contribution in [0.1, 0.15) is 35.3 Å². The van der Waals surface area contributed by atoms with Gasteiger partial charge >= 0.3 is 0 Å². The molecular weight excluding hydrogens is 335 g/mol. The molecule has 2 amide bonds. The highest BCUT2D eigenvalue weighted by atomic mass is 19.1. The van der Waals surface area contributed by atoms with Crippen LogP contribution in [0.2, 0.25) is 0 Å². The molecule has 136 valence electrons. The molecule has 0 spiro atoms. The smallest absolute Gasteiger partial charge is 0.254 e. The number of nitrogens with zero attached hydrogens (tertiary/aromatic N) is 4. The van der Waals surface area contributed by atoms with Crippen LogP contribution in [0.15, 0.2) is 36.5 Å². The van der Waals surface area contributed by atoms with Crippen molar-refractivity contribution in [2.75, 3.05) is 13.1 Å². The number of fused-ring (bicyclic) bond motifs is 1. The lowest BCUT2D eigenvalue weighted by Gasteiger charge is -2.32. The summed E-state index contributed by atoms with van der Waals surface area (Å²) in [7, 11) is 0. The average Bonchev–Trinajstić information content (AvgIpc) is 3.21. The first-order valence-corrected chi connectivity index (χ1v) is 8.97. The van der Waals surface area contributed by atoms with Gasteiger partial charge in [0.25, 0.3) is 5.91 Å². The van der Waals surface area contributed by atoms with Gasteiger partial charge in [-0.05, 0) is 37.1 Å². The zero-order chi connectivity index (χ0) is 18.1. The minimum Gasteiger partial charge on any atom is -0.341 e. The standard InChI is InChI=1S/C19H21FN4O2/c20-15-4-1-3-14(11-15)19(26)23-13-17-6-8-21-24(17)10-7-16(23)12-22-9-2-5-18(22)25/h1,3-4,6,8,11,16H,2,5,7,9-10,12-13H2/t16-/m0/s1. The van der Waals surface area contributed by atoms with E-state index in [2.05, 4.69) is 5.10 Å². The molecule has 1 saturated heterocycles. The van der Waals surface area contributed by atoms with Crippen LogP contribution in [0.3, 0.4) is 0 Å². The summed E-state index contributed by atoms with van der Waals surface area (Å²) in [5.74, 6) is -0.497. The zero-order valence-corrected chi connectivity index (χ0v) is 14.5. The number of amides is 2. The van der Waals surface area contributed by atoms with E-state index in [9.17, 15) is 14.0 Å². The van der Waals surface area contributed by atoms with Crippen molar-refractivity contribution in [2.24, 2.45) is 0 Å². The fourth-order valence-electron chi connectivity index (χ4n) is 3.79. The van der Waals surface area contributed by atoms with Crippen LogP contribution < -0.4 is 0 Å². The Labute approximate surface area is 151 Å². The van der Waals surface area contributed by atoms with Gasteiger partial charge in [0.2, 0.25) is 5.91 Å². The third kappa shape index (κ3) is 3.21. The van der Waals surface area contributed by atoms with E-state index in [-0.39, 0.29) is 17.9 Å². The second kappa shape index (κ2) is 6.90. The Hall–Kier alpha value is -2.70. The zero-order valence-electron chi connectivity index (χ0n) is 14.5. The van der Waals surface area contributed by atoms with Crippen LogP contribution in [-0.2, 0) is 17.9 Å². The molecule has 2 aromatic rings. The first-order valence-electron chi connectivity index (χ1n) is 8.97. The molecule has 1 aromatic heterocycles. The summed E-state index contributed by atoms with van der Waals surface area (Å²) >= 11 is 0. The third-order valence-corrected chi connectivity index (χ3v) is 5.19. The molecule has 0 N–H and O–H groups in total. The van der Waals surface area contributed by atoms with E-state index >= 15 is 0 Å². The van der Waals surface area contributed by atoms with Gasteiger partial charge in [-0.15, -0.1) is 0 Å². The highest BCUT2D eigenvalue weighted by Gasteiger charge is 2.32. The normalized spacial score (nSPS) is 20.2. The van der Waals surface area contributed by atoms with E-state index in [1.165, 1.54) is 12.1 Å². The topological polar surface area (TPSA) is 58.4 Å². The number of carbonyl (C=O) groups excluding carboxylic acids is 2. The van der Waals surface area contributed by atoms with Crippen LogP contribution in [0.5, 0.6) is 0 Å². The second-order valence-corrected chi connectivity index (χ2v) is 6.87. The lowest BCUT2D eigenvalue weighted by molar-refractivity contribution is -0.128. The molecule has 4 rings (SSSR count). The molecule has 0 radical (unpaired) electrons. The molecule has 0 aliphatic carbocycles. The molecule has 1 aromatic carbocycles. The summed E-state index contributed by atoms with van der Waals surface area (Å²) in [6, 6.07) is 7.55. The first kappa shape index (κ1) is 16.8. The van der Waals surface area contributed by atoms with Gasteiger partial charge in [0, 0.05) is 37.8 Å². The summed E-state index contributed by atoms with van der Waals surface area (Å²) in [5.41, 5.74) is 1.28. The summed E-state index contributed by atoms with van der Waals surface area (Å²) < 4.78 is 15.5. The second-order valence-electron chi connectivity index (χ2n) is 6.87. The van der Waals surface area contributed by atoms with Gasteiger partial charge in [0.15, 0.2) is 0 Å². The van der Waals surface area contributed by atoms with Gasteiger partial charge < -0.3 is 9.80 Å². The molecular formula is C19H21FN4O2. The van der Waals surface area contributed by atoms with Crippen molar-refractivity contribution in [1.82, 2.24) is 19.6 Å². The molecule has 1 fully saturated rings. The predicted molar refractivity (Wildman–Crippen MR) is 92.7 cm³/mol. The molecule has 26 heavy (non-hydrogen) atoms. The number of halogens is 1. The van der Waals surface area contributed by atoms with Crippen molar-refractivity contribution in [3.8, 4) is 0 Å². The predicted octanol–water partition coefficient (Wildman–Crippen LogP) is 2.06. The number of benzene rings is 1. The number of aryl methyl sites for hydroxylation is 1. The Morgan fingerprint density at radius 1 is 1.27 bits per heavy atom. The van der Waals surface area contributed by atoms with Crippen LogP contribution in [0.25, 0.3) is 0 Å². The number of aromatic nitrogens is 2. The van der Waals surface area contributed by atoms with E-state index in [0.29, 0.717) is 38.0 Å². The molecule has 1 atom stereocenters. The van der Waals surface area contributed by atoms with Crippen molar-refractivity contribution in [3.05, 3.63) is 53.6 Å². The third-order valence-electron chi connectivity index (χ3n) is 5.19.